The molecule has 3 rings (SSSR count). The molecule has 1 atom stereocenters. The minimum Gasteiger partial charge on any atom is -0.490 e. The summed E-state index contributed by atoms with van der Waals surface area (Å²) in [6.07, 6.45) is 1.46. The van der Waals surface area contributed by atoms with Crippen molar-refractivity contribution in [3.63, 3.8) is 0 Å². The molecule has 2 aromatic rings. The number of hydrogen-bond donors (Lipinski definition) is 1. The molecule has 0 spiro atoms. The molecule has 0 saturated carbocycles. The van der Waals surface area contributed by atoms with Crippen molar-refractivity contribution in [1.82, 2.24) is 10.1 Å². The fourth-order valence-corrected chi connectivity index (χ4v) is 3.03. The largest absolute Gasteiger partial charge is 0.490 e. The van der Waals surface area contributed by atoms with Crippen LogP contribution >= 0.6 is 11.8 Å². The van der Waals surface area contributed by atoms with Gasteiger partial charge in [-0.25, -0.2) is 0 Å². The van der Waals surface area contributed by atoms with Crippen molar-refractivity contribution in [2.24, 2.45) is 5.73 Å². The molecule has 100 valence electrons. The summed E-state index contributed by atoms with van der Waals surface area (Å²) in [5.74, 6) is 4.15. The molecule has 0 aliphatic carbocycles. The Morgan fingerprint density at radius 2 is 2.21 bits per heavy atom. The fraction of sp³-hybridized carbons (Fsp3) is 0.385. The lowest BCUT2D eigenvalue weighted by Gasteiger charge is -2.12. The van der Waals surface area contributed by atoms with Gasteiger partial charge in [-0.2, -0.15) is 16.7 Å². The van der Waals surface area contributed by atoms with Crippen molar-refractivity contribution in [2.75, 3.05) is 11.5 Å². The van der Waals surface area contributed by atoms with E-state index in [0.29, 0.717) is 17.8 Å². The molecular formula is C13H15N3O2S. The first-order valence-corrected chi connectivity index (χ1v) is 7.38. The summed E-state index contributed by atoms with van der Waals surface area (Å²) in [6.45, 7) is 0.257. The third-order valence-electron chi connectivity index (χ3n) is 2.95. The van der Waals surface area contributed by atoms with E-state index < -0.39 is 0 Å². The summed E-state index contributed by atoms with van der Waals surface area (Å²) in [5.41, 5.74) is 6.34. The molecule has 19 heavy (non-hydrogen) atoms. The predicted octanol–water partition coefficient (Wildman–Crippen LogP) is 2.08. The van der Waals surface area contributed by atoms with Crippen LogP contribution in [0.5, 0.6) is 5.75 Å². The highest BCUT2D eigenvalue weighted by molar-refractivity contribution is 7.99. The maximum absolute atomic E-state index is 5.89. The van der Waals surface area contributed by atoms with E-state index in [1.807, 2.05) is 36.0 Å². The minimum atomic E-state index is 0.257. The number of aromatic nitrogens is 2. The number of nitrogens with zero attached hydrogens (tertiary/aromatic N) is 2. The van der Waals surface area contributed by atoms with Crippen LogP contribution in [0.4, 0.5) is 0 Å². The van der Waals surface area contributed by atoms with Crippen LogP contribution in [0.3, 0.4) is 0 Å². The van der Waals surface area contributed by atoms with Gasteiger partial charge in [-0.3, -0.25) is 0 Å². The van der Waals surface area contributed by atoms with E-state index in [4.69, 9.17) is 15.0 Å². The van der Waals surface area contributed by atoms with E-state index in [9.17, 15) is 0 Å². The van der Waals surface area contributed by atoms with Crippen LogP contribution in [0.15, 0.2) is 28.8 Å². The van der Waals surface area contributed by atoms with Gasteiger partial charge in [-0.15, -0.1) is 0 Å². The van der Waals surface area contributed by atoms with Gasteiger partial charge in [0, 0.05) is 11.3 Å². The first-order chi connectivity index (χ1) is 9.35. The SMILES string of the molecule is NCc1nc(-c2ccc(OC3CCSC3)cc2)no1. The summed E-state index contributed by atoms with van der Waals surface area (Å²) >= 11 is 1.94. The number of nitrogens with two attached hydrogens (primary N) is 1. The first-order valence-electron chi connectivity index (χ1n) is 6.22. The van der Waals surface area contributed by atoms with Crippen LogP contribution < -0.4 is 10.5 Å². The Kier molecular flexibility index (Phi) is 3.70. The number of thioether (sulfide) groups is 1. The molecule has 5 nitrogen and oxygen atoms in total. The van der Waals surface area contributed by atoms with Crippen LogP contribution in [0.25, 0.3) is 11.4 Å². The Morgan fingerprint density at radius 3 is 2.84 bits per heavy atom. The van der Waals surface area contributed by atoms with Gasteiger partial charge in [0.05, 0.1) is 6.54 Å². The van der Waals surface area contributed by atoms with Gasteiger partial charge in [0.15, 0.2) is 0 Å². The second kappa shape index (κ2) is 5.63. The molecule has 1 saturated heterocycles. The van der Waals surface area contributed by atoms with E-state index in [2.05, 4.69) is 10.1 Å². The highest BCUT2D eigenvalue weighted by Gasteiger charge is 2.17. The molecule has 1 aliphatic rings. The first kappa shape index (κ1) is 12.5. The molecule has 0 amide bonds. The van der Waals surface area contributed by atoms with Crippen molar-refractivity contribution >= 4 is 11.8 Å². The standard InChI is InChI=1S/C13H15N3O2S/c14-7-12-15-13(16-18-12)9-1-3-10(4-2-9)17-11-5-6-19-8-11/h1-4,11H,5-8,14H2. The zero-order valence-corrected chi connectivity index (χ0v) is 11.2. The third-order valence-corrected chi connectivity index (χ3v) is 4.08. The van der Waals surface area contributed by atoms with E-state index in [0.717, 1.165) is 23.5 Å². The molecule has 2 N–H and O–H groups in total. The van der Waals surface area contributed by atoms with Crippen LogP contribution in [0.1, 0.15) is 12.3 Å². The molecule has 6 heteroatoms. The quantitative estimate of drug-likeness (QED) is 0.922. The highest BCUT2D eigenvalue weighted by Crippen LogP contribution is 2.25. The van der Waals surface area contributed by atoms with Crippen LogP contribution in [-0.4, -0.2) is 27.8 Å². The zero-order chi connectivity index (χ0) is 13.1. The monoisotopic (exact) mass is 277 g/mol. The van der Waals surface area contributed by atoms with Gasteiger partial charge in [-0.1, -0.05) is 5.16 Å². The summed E-state index contributed by atoms with van der Waals surface area (Å²) < 4.78 is 10.9. The average Bonchev–Trinajstić information content (AvgIpc) is 3.10. The lowest BCUT2D eigenvalue weighted by Crippen LogP contribution is -2.14. The van der Waals surface area contributed by atoms with Gasteiger partial charge in [0.2, 0.25) is 11.7 Å². The Bertz CT molecular complexity index is 535. The predicted molar refractivity (Wildman–Crippen MR) is 74.0 cm³/mol. The number of hydrogen-bond acceptors (Lipinski definition) is 6. The lowest BCUT2D eigenvalue weighted by molar-refractivity contribution is 0.229. The number of rotatable bonds is 4. The maximum Gasteiger partial charge on any atom is 0.240 e. The molecule has 1 unspecified atom stereocenters. The molecule has 1 aromatic heterocycles. The van der Waals surface area contributed by atoms with Crippen molar-refractivity contribution < 1.29 is 9.26 Å². The summed E-state index contributed by atoms with van der Waals surface area (Å²) in [7, 11) is 0. The number of ether oxygens (including phenoxy) is 1. The van der Waals surface area contributed by atoms with E-state index in [1.54, 1.807) is 0 Å². The second-order valence-corrected chi connectivity index (χ2v) is 5.49. The van der Waals surface area contributed by atoms with Crippen LogP contribution in [-0.2, 0) is 6.54 Å². The average molecular weight is 277 g/mol. The molecule has 2 heterocycles. The molecule has 1 aliphatic heterocycles. The van der Waals surface area contributed by atoms with Crippen molar-refractivity contribution in [2.45, 2.75) is 19.1 Å². The van der Waals surface area contributed by atoms with Crippen LogP contribution in [0, 0.1) is 0 Å². The second-order valence-electron chi connectivity index (χ2n) is 4.34. The fourth-order valence-electron chi connectivity index (χ4n) is 1.94. The van der Waals surface area contributed by atoms with Gasteiger partial charge in [-0.05, 0) is 36.4 Å². The van der Waals surface area contributed by atoms with E-state index in [-0.39, 0.29) is 6.54 Å². The van der Waals surface area contributed by atoms with E-state index in [1.165, 1.54) is 5.75 Å². The summed E-state index contributed by atoms with van der Waals surface area (Å²) in [5, 5.41) is 3.88. The summed E-state index contributed by atoms with van der Waals surface area (Å²) in [6, 6.07) is 7.75. The van der Waals surface area contributed by atoms with Crippen LogP contribution in [0.2, 0.25) is 0 Å². The molecule has 1 aromatic carbocycles. The Hall–Kier alpha value is -1.53. The zero-order valence-electron chi connectivity index (χ0n) is 10.4. The highest BCUT2D eigenvalue weighted by atomic mass is 32.2. The molecule has 1 fully saturated rings. The normalized spacial score (nSPS) is 18.7. The Labute approximate surface area is 115 Å². The molecule has 0 radical (unpaired) electrons. The van der Waals surface area contributed by atoms with E-state index >= 15 is 0 Å². The van der Waals surface area contributed by atoms with Crippen molar-refractivity contribution in [3.8, 4) is 17.1 Å². The van der Waals surface area contributed by atoms with Gasteiger partial charge >= 0.3 is 0 Å². The third kappa shape index (κ3) is 2.90. The Morgan fingerprint density at radius 1 is 1.37 bits per heavy atom. The smallest absolute Gasteiger partial charge is 0.240 e. The topological polar surface area (TPSA) is 74.2 Å². The molecule has 0 bridgehead atoms. The minimum absolute atomic E-state index is 0.257. The van der Waals surface area contributed by atoms with Gasteiger partial charge in [0.1, 0.15) is 11.9 Å². The Balaban J connectivity index is 1.70. The maximum atomic E-state index is 5.89. The lowest BCUT2D eigenvalue weighted by atomic mass is 10.2. The number of benzene rings is 1. The van der Waals surface area contributed by atoms with Crippen molar-refractivity contribution in [3.05, 3.63) is 30.2 Å². The van der Waals surface area contributed by atoms with Crippen molar-refractivity contribution in [1.29, 1.82) is 0 Å². The summed E-state index contributed by atoms with van der Waals surface area (Å²) in [4.78, 5) is 4.19. The molecular weight excluding hydrogens is 262 g/mol. The van der Waals surface area contributed by atoms with Gasteiger partial charge in [0.25, 0.3) is 0 Å². The van der Waals surface area contributed by atoms with Gasteiger partial charge < -0.3 is 15.0 Å².